The fourth-order valence-electron chi connectivity index (χ4n) is 1.60. The zero-order chi connectivity index (χ0) is 16.8. The van der Waals surface area contributed by atoms with Crippen molar-refractivity contribution in [1.82, 2.24) is 10.2 Å². The Balaban J connectivity index is 5.12. The maximum atomic E-state index is 12.3. The fraction of sp³-hybridized carbons (Fsp3) is 0.818. The molecule has 0 radical (unpaired) electrons. The van der Waals surface area contributed by atoms with E-state index >= 15 is 0 Å². The summed E-state index contributed by atoms with van der Waals surface area (Å²) < 4.78 is 51.4. The fourth-order valence-corrected chi connectivity index (χ4v) is 2.89. The van der Waals surface area contributed by atoms with E-state index in [1.165, 1.54) is 7.05 Å². The zero-order valence-electron chi connectivity index (χ0n) is 12.5. The number of nitrogens with one attached hydrogen (secondary N) is 1. The molecule has 0 aliphatic rings. The summed E-state index contributed by atoms with van der Waals surface area (Å²) in [6.07, 6.45) is 0.595. The van der Waals surface area contributed by atoms with Gasteiger partial charge in [-0.15, -0.1) is 0 Å². The monoisotopic (exact) mass is 344 g/mol. The van der Waals surface area contributed by atoms with Crippen molar-refractivity contribution >= 4 is 31.7 Å². The molecule has 0 spiro atoms. The van der Waals surface area contributed by atoms with Crippen molar-refractivity contribution in [1.29, 1.82) is 0 Å². The van der Waals surface area contributed by atoms with Crippen molar-refractivity contribution in [3.63, 3.8) is 0 Å². The van der Waals surface area contributed by atoms with Crippen LogP contribution in [-0.2, 0) is 24.7 Å². The van der Waals surface area contributed by atoms with Gasteiger partial charge < -0.3 is 9.45 Å². The Morgan fingerprint density at radius 3 is 2.10 bits per heavy atom. The smallest absolute Gasteiger partial charge is 0.266 e. The van der Waals surface area contributed by atoms with Gasteiger partial charge in [-0.1, -0.05) is 13.8 Å². The predicted octanol–water partition coefficient (Wildman–Crippen LogP) is -0.516. The van der Waals surface area contributed by atoms with Crippen LogP contribution in [0.3, 0.4) is 0 Å². The first-order valence-electron chi connectivity index (χ1n) is 6.38. The predicted molar refractivity (Wildman–Crippen MR) is 83.2 cm³/mol. The van der Waals surface area contributed by atoms with Crippen LogP contribution in [0, 0.1) is 5.92 Å². The third-order valence-corrected chi connectivity index (χ3v) is 4.63. The summed E-state index contributed by atoms with van der Waals surface area (Å²) in [5, 5.41) is 0.991. The van der Waals surface area contributed by atoms with Gasteiger partial charge in [0.15, 0.2) is 5.37 Å². The van der Waals surface area contributed by atoms with Crippen molar-refractivity contribution in [2.75, 3.05) is 25.9 Å². The van der Waals surface area contributed by atoms with Crippen molar-refractivity contribution < 1.29 is 26.5 Å². The van der Waals surface area contributed by atoms with Crippen LogP contribution in [-0.4, -0.2) is 69.7 Å². The second kappa shape index (κ2) is 8.08. The molecule has 0 aliphatic carbocycles. The molecule has 21 heavy (non-hydrogen) atoms. The Labute approximate surface area is 126 Å². The molecule has 0 bridgehead atoms. The number of hydrogen-bond donors (Lipinski definition) is 3. The molecule has 0 aromatic carbocycles. The van der Waals surface area contributed by atoms with Crippen LogP contribution in [0.1, 0.15) is 20.3 Å². The van der Waals surface area contributed by atoms with Crippen molar-refractivity contribution in [2.24, 2.45) is 5.92 Å². The second-order valence-electron chi connectivity index (χ2n) is 5.15. The molecule has 10 heteroatoms. The van der Waals surface area contributed by atoms with Crippen LogP contribution in [0.2, 0.25) is 0 Å². The first-order valence-corrected chi connectivity index (χ1v) is 9.74. The van der Waals surface area contributed by atoms with E-state index in [0.717, 1.165) is 4.90 Å². The van der Waals surface area contributed by atoms with Crippen LogP contribution in [0.4, 0.5) is 0 Å². The largest absolute Gasteiger partial charge is 0.339 e. The number of amides is 1. The van der Waals surface area contributed by atoms with Crippen LogP contribution >= 0.6 is 0 Å². The van der Waals surface area contributed by atoms with E-state index in [9.17, 15) is 22.0 Å². The minimum absolute atomic E-state index is 0.222. The van der Waals surface area contributed by atoms with E-state index in [4.69, 9.17) is 4.55 Å². The third kappa shape index (κ3) is 8.37. The highest BCUT2D eigenvalue weighted by molar-refractivity contribution is 7.96. The average molecular weight is 344 g/mol. The molecular formula is C11H24N2O6S2. The van der Waals surface area contributed by atoms with Gasteiger partial charge in [0.25, 0.3) is 16.0 Å². The molecule has 0 saturated carbocycles. The Bertz CT molecular complexity index is 541. The Kier molecular flexibility index (Phi) is 7.82. The first-order chi connectivity index (χ1) is 9.38. The van der Waals surface area contributed by atoms with Crippen LogP contribution in [0.5, 0.6) is 0 Å². The Morgan fingerprint density at radius 2 is 1.76 bits per heavy atom. The number of likely N-dealkylation sites (N-methyl/N-ethyl adjacent to an activating group) is 1. The van der Waals surface area contributed by atoms with E-state index in [1.54, 1.807) is 0 Å². The Hall–Kier alpha value is -0.680. The van der Waals surface area contributed by atoms with Gasteiger partial charge in [-0.25, -0.2) is 4.21 Å². The molecule has 2 unspecified atom stereocenters. The van der Waals surface area contributed by atoms with E-state index in [-0.39, 0.29) is 19.0 Å². The maximum absolute atomic E-state index is 12.3. The third-order valence-electron chi connectivity index (χ3n) is 2.76. The topological polar surface area (TPSA) is 124 Å². The minimum atomic E-state index is -4.22. The molecule has 0 aromatic heterocycles. The van der Waals surface area contributed by atoms with E-state index in [1.807, 2.05) is 13.8 Å². The molecule has 0 aliphatic heterocycles. The van der Waals surface area contributed by atoms with Gasteiger partial charge in [-0.3, -0.25) is 14.7 Å². The Morgan fingerprint density at radius 1 is 1.24 bits per heavy atom. The molecule has 0 heterocycles. The van der Waals surface area contributed by atoms with Crippen LogP contribution in [0.25, 0.3) is 0 Å². The molecule has 2 atom stereocenters. The lowest BCUT2D eigenvalue weighted by molar-refractivity contribution is -0.131. The summed E-state index contributed by atoms with van der Waals surface area (Å²) in [5.41, 5.74) is 0. The number of nitrogens with zero attached hydrogens (tertiary/aromatic N) is 1. The number of hydrogen-bond acceptors (Lipinski definition) is 5. The number of carbonyl (C=O) groups excluding carboxylic acids is 1. The first kappa shape index (κ1) is 20.3. The highest BCUT2D eigenvalue weighted by atomic mass is 32.2. The van der Waals surface area contributed by atoms with Crippen molar-refractivity contribution in [2.45, 2.75) is 25.6 Å². The summed E-state index contributed by atoms with van der Waals surface area (Å²) >= 11 is 0. The van der Waals surface area contributed by atoms with Gasteiger partial charge in [0.05, 0.1) is 5.75 Å². The summed E-state index contributed by atoms with van der Waals surface area (Å²) in [7, 11) is -6.55. The molecule has 0 aromatic rings. The quantitative estimate of drug-likeness (QED) is 0.380. The zero-order valence-corrected chi connectivity index (χ0v) is 14.1. The maximum Gasteiger partial charge on any atom is 0.266 e. The van der Waals surface area contributed by atoms with Gasteiger partial charge in [0, 0.05) is 13.1 Å². The average Bonchev–Trinajstić information content (AvgIpc) is 2.25. The summed E-state index contributed by atoms with van der Waals surface area (Å²) in [6.45, 7) is 3.83. The molecule has 8 nitrogen and oxygen atoms in total. The highest BCUT2D eigenvalue weighted by Gasteiger charge is 2.29. The lowest BCUT2D eigenvalue weighted by Gasteiger charge is -2.27. The van der Waals surface area contributed by atoms with Crippen molar-refractivity contribution in [3.05, 3.63) is 0 Å². The van der Waals surface area contributed by atoms with Gasteiger partial charge >= 0.3 is 0 Å². The van der Waals surface area contributed by atoms with Crippen molar-refractivity contribution in [3.8, 4) is 0 Å². The number of rotatable bonds is 9. The van der Waals surface area contributed by atoms with Gasteiger partial charge in [-0.05, 0) is 25.3 Å². The molecular weight excluding hydrogens is 320 g/mol. The van der Waals surface area contributed by atoms with Crippen LogP contribution in [0.15, 0.2) is 0 Å². The summed E-state index contributed by atoms with van der Waals surface area (Å²) in [6, 6.07) is 0. The number of carbonyl (C=O) groups is 1. The van der Waals surface area contributed by atoms with Crippen LogP contribution < -0.4 is 5.32 Å². The van der Waals surface area contributed by atoms with E-state index in [2.05, 4.69) is 11.2 Å². The standard InChI is InChI=1S/C11H24N2O6S2/c1-9(2)5-6-13(7-8-21(17,18)19)11(14)10(12-3)20(4,15)16/h9-10,12H,4-8H2,1-3H3,(H,15,16)(H,17,18,19). The lowest BCUT2D eigenvalue weighted by Crippen LogP contribution is -2.50. The van der Waals surface area contributed by atoms with Gasteiger partial charge in [0.1, 0.15) is 9.80 Å². The SMILES string of the molecule is C=S(=O)(O)C(NC)C(=O)N(CCC(C)C)CCS(=O)(=O)O. The van der Waals surface area contributed by atoms with Gasteiger partial charge in [-0.2, -0.15) is 8.42 Å². The summed E-state index contributed by atoms with van der Waals surface area (Å²) in [4.78, 5) is 13.4. The minimum Gasteiger partial charge on any atom is -0.339 e. The normalized spacial score (nSPS) is 16.5. The lowest BCUT2D eigenvalue weighted by atomic mass is 10.1. The molecule has 0 saturated heterocycles. The van der Waals surface area contributed by atoms with E-state index < -0.39 is 37.0 Å². The molecule has 1 amide bonds. The molecule has 126 valence electrons. The second-order valence-corrected chi connectivity index (χ2v) is 8.58. The van der Waals surface area contributed by atoms with Gasteiger partial charge in [0.2, 0.25) is 0 Å². The highest BCUT2D eigenvalue weighted by Crippen LogP contribution is 2.07. The molecule has 0 fully saturated rings. The molecule has 0 rings (SSSR count). The molecule has 3 N–H and O–H groups in total. The van der Waals surface area contributed by atoms with E-state index in [0.29, 0.717) is 6.42 Å². The summed E-state index contributed by atoms with van der Waals surface area (Å²) in [5.74, 6) is 1.97.